The molecule has 1 aromatic heterocycles. The number of nitrogens with one attached hydrogen (secondary N) is 1. The lowest BCUT2D eigenvalue weighted by Crippen LogP contribution is -2.61. The third-order valence-corrected chi connectivity index (χ3v) is 4.40. The molecule has 1 N–H and O–H groups in total. The zero-order valence-electron chi connectivity index (χ0n) is 12.6. The quantitative estimate of drug-likeness (QED) is 0.890. The first-order valence-corrected chi connectivity index (χ1v) is 7.54. The Hall–Kier alpha value is -1.47. The summed E-state index contributed by atoms with van der Waals surface area (Å²) in [5.74, 6) is -2.83. The molecule has 2 fully saturated rings. The standard InChI is InChI=1S/C15H21F2N3O2/c1-11(21)18-5-13-4-15(16,17)10-20(13)14-7-19(8-14)6-12-2-3-22-9-12/h2-3,9,13-14H,4-8,10H2,1H3,(H,18,21)/t13-/m0/s1. The van der Waals surface area contributed by atoms with Gasteiger partial charge in [-0.3, -0.25) is 14.6 Å². The Morgan fingerprint density at radius 1 is 1.50 bits per heavy atom. The molecule has 0 unspecified atom stereocenters. The zero-order chi connectivity index (χ0) is 15.7. The Kier molecular flexibility index (Phi) is 4.18. The van der Waals surface area contributed by atoms with E-state index in [2.05, 4.69) is 10.2 Å². The second kappa shape index (κ2) is 5.96. The summed E-state index contributed by atoms with van der Waals surface area (Å²) in [4.78, 5) is 15.1. The fourth-order valence-electron chi connectivity index (χ4n) is 3.32. The van der Waals surface area contributed by atoms with Gasteiger partial charge in [-0.25, -0.2) is 8.78 Å². The molecule has 0 bridgehead atoms. The lowest BCUT2D eigenvalue weighted by molar-refractivity contribution is -0.119. The van der Waals surface area contributed by atoms with Crippen LogP contribution < -0.4 is 5.32 Å². The minimum atomic E-state index is -2.66. The minimum absolute atomic E-state index is 0.138. The van der Waals surface area contributed by atoms with Gasteiger partial charge in [-0.1, -0.05) is 0 Å². The van der Waals surface area contributed by atoms with Crippen LogP contribution in [-0.4, -0.2) is 59.9 Å². The van der Waals surface area contributed by atoms with Crippen LogP contribution in [0.4, 0.5) is 8.78 Å². The van der Waals surface area contributed by atoms with Crippen LogP contribution in [0.2, 0.25) is 0 Å². The van der Waals surface area contributed by atoms with E-state index in [0.29, 0.717) is 6.54 Å². The highest BCUT2D eigenvalue weighted by Crippen LogP contribution is 2.35. The monoisotopic (exact) mass is 313 g/mol. The van der Waals surface area contributed by atoms with Gasteiger partial charge in [0.2, 0.25) is 5.91 Å². The summed E-state index contributed by atoms with van der Waals surface area (Å²) < 4.78 is 32.5. The van der Waals surface area contributed by atoms with E-state index in [1.54, 1.807) is 12.5 Å². The highest BCUT2D eigenvalue weighted by molar-refractivity contribution is 5.72. The minimum Gasteiger partial charge on any atom is -0.472 e. The van der Waals surface area contributed by atoms with Crippen LogP contribution in [0.5, 0.6) is 0 Å². The van der Waals surface area contributed by atoms with Crippen molar-refractivity contribution in [3.05, 3.63) is 24.2 Å². The van der Waals surface area contributed by atoms with E-state index >= 15 is 0 Å². The molecule has 0 aromatic carbocycles. The van der Waals surface area contributed by atoms with E-state index in [-0.39, 0.29) is 31.0 Å². The highest BCUT2D eigenvalue weighted by Gasteiger charge is 2.49. The van der Waals surface area contributed by atoms with E-state index < -0.39 is 5.92 Å². The number of nitrogens with zero attached hydrogens (tertiary/aromatic N) is 2. The van der Waals surface area contributed by atoms with E-state index in [0.717, 1.165) is 25.2 Å². The van der Waals surface area contributed by atoms with Gasteiger partial charge in [0.05, 0.1) is 19.1 Å². The molecule has 2 aliphatic rings. The van der Waals surface area contributed by atoms with Crippen LogP contribution in [0.15, 0.2) is 23.0 Å². The molecule has 2 aliphatic heterocycles. The van der Waals surface area contributed by atoms with Crippen molar-refractivity contribution in [1.29, 1.82) is 0 Å². The molecule has 3 heterocycles. The Bertz CT molecular complexity index is 515. The number of carbonyl (C=O) groups is 1. The fraction of sp³-hybridized carbons (Fsp3) is 0.667. The first-order valence-electron chi connectivity index (χ1n) is 7.54. The van der Waals surface area contributed by atoms with Crippen LogP contribution in [0.3, 0.4) is 0 Å². The molecule has 2 saturated heterocycles. The summed E-state index contributed by atoms with van der Waals surface area (Å²) in [5.41, 5.74) is 1.10. The van der Waals surface area contributed by atoms with Gasteiger partial charge in [-0.05, 0) is 6.07 Å². The van der Waals surface area contributed by atoms with Crippen molar-refractivity contribution in [2.24, 2.45) is 0 Å². The third kappa shape index (κ3) is 3.47. The molecule has 122 valence electrons. The SMILES string of the molecule is CC(=O)NC[C@@H]1CC(F)(F)CN1C1CN(Cc2ccoc2)C1. The van der Waals surface area contributed by atoms with Crippen LogP contribution in [-0.2, 0) is 11.3 Å². The maximum atomic E-state index is 13.7. The molecular formula is C15H21F2N3O2. The maximum Gasteiger partial charge on any atom is 0.262 e. The predicted octanol–water partition coefficient (Wildman–Crippen LogP) is 1.31. The van der Waals surface area contributed by atoms with Crippen molar-refractivity contribution in [1.82, 2.24) is 15.1 Å². The molecule has 0 aliphatic carbocycles. The largest absolute Gasteiger partial charge is 0.472 e. The van der Waals surface area contributed by atoms with Gasteiger partial charge >= 0.3 is 0 Å². The number of halogens is 2. The molecule has 1 atom stereocenters. The van der Waals surface area contributed by atoms with Crippen LogP contribution in [0.1, 0.15) is 18.9 Å². The number of amides is 1. The van der Waals surface area contributed by atoms with E-state index in [1.807, 2.05) is 11.0 Å². The fourth-order valence-corrected chi connectivity index (χ4v) is 3.32. The molecule has 0 radical (unpaired) electrons. The maximum absolute atomic E-state index is 13.7. The highest BCUT2D eigenvalue weighted by atomic mass is 19.3. The number of carbonyl (C=O) groups excluding carboxylic acids is 1. The summed E-state index contributed by atoms with van der Waals surface area (Å²) in [6.07, 6.45) is 3.17. The van der Waals surface area contributed by atoms with E-state index in [4.69, 9.17) is 4.42 Å². The van der Waals surface area contributed by atoms with Gasteiger partial charge in [0.15, 0.2) is 0 Å². The van der Waals surface area contributed by atoms with Gasteiger partial charge < -0.3 is 9.73 Å². The summed E-state index contributed by atoms with van der Waals surface area (Å²) in [7, 11) is 0. The number of furan rings is 1. The van der Waals surface area contributed by atoms with Gasteiger partial charge in [0, 0.05) is 57.2 Å². The van der Waals surface area contributed by atoms with Crippen molar-refractivity contribution in [2.45, 2.75) is 37.9 Å². The number of alkyl halides is 2. The van der Waals surface area contributed by atoms with Crippen LogP contribution >= 0.6 is 0 Å². The molecule has 1 aromatic rings. The molecular weight excluding hydrogens is 292 g/mol. The smallest absolute Gasteiger partial charge is 0.262 e. The van der Waals surface area contributed by atoms with Crippen molar-refractivity contribution < 1.29 is 18.0 Å². The number of hydrogen-bond acceptors (Lipinski definition) is 4. The molecule has 0 saturated carbocycles. The third-order valence-electron chi connectivity index (χ3n) is 4.40. The second-order valence-corrected chi connectivity index (χ2v) is 6.30. The van der Waals surface area contributed by atoms with Gasteiger partial charge in [0.1, 0.15) is 0 Å². The summed E-state index contributed by atoms with van der Waals surface area (Å²) in [6, 6.07) is 1.77. The average Bonchev–Trinajstić information content (AvgIpc) is 2.98. The number of likely N-dealkylation sites (tertiary alicyclic amines) is 2. The summed E-state index contributed by atoms with van der Waals surface area (Å²) in [5, 5.41) is 2.67. The number of rotatable bonds is 5. The topological polar surface area (TPSA) is 48.7 Å². The summed E-state index contributed by atoms with van der Waals surface area (Å²) >= 11 is 0. The zero-order valence-corrected chi connectivity index (χ0v) is 12.6. The molecule has 3 rings (SSSR count). The van der Waals surface area contributed by atoms with E-state index in [9.17, 15) is 13.6 Å². The Balaban J connectivity index is 1.53. The van der Waals surface area contributed by atoms with E-state index in [1.165, 1.54) is 6.92 Å². The lowest BCUT2D eigenvalue weighted by atomic mass is 10.0. The molecule has 22 heavy (non-hydrogen) atoms. The predicted molar refractivity (Wildman–Crippen MR) is 76.5 cm³/mol. The first kappa shape index (κ1) is 15.4. The Morgan fingerprint density at radius 3 is 2.91 bits per heavy atom. The normalized spacial score (nSPS) is 26.0. The summed E-state index contributed by atoms with van der Waals surface area (Å²) in [6.45, 7) is 3.83. The second-order valence-electron chi connectivity index (χ2n) is 6.30. The molecule has 5 nitrogen and oxygen atoms in total. The Morgan fingerprint density at radius 2 is 2.27 bits per heavy atom. The van der Waals surface area contributed by atoms with Gasteiger partial charge in [-0.2, -0.15) is 0 Å². The van der Waals surface area contributed by atoms with Crippen molar-refractivity contribution in [2.75, 3.05) is 26.2 Å². The van der Waals surface area contributed by atoms with Crippen molar-refractivity contribution in [3.8, 4) is 0 Å². The van der Waals surface area contributed by atoms with Crippen molar-refractivity contribution in [3.63, 3.8) is 0 Å². The van der Waals surface area contributed by atoms with Crippen LogP contribution in [0, 0.1) is 0 Å². The Labute approximate surface area is 128 Å². The van der Waals surface area contributed by atoms with Crippen molar-refractivity contribution >= 4 is 5.91 Å². The molecule has 7 heteroatoms. The molecule has 1 amide bonds. The average molecular weight is 313 g/mol. The lowest BCUT2D eigenvalue weighted by Gasteiger charge is -2.46. The first-order chi connectivity index (χ1) is 10.4. The van der Waals surface area contributed by atoms with Gasteiger partial charge in [0.25, 0.3) is 5.92 Å². The number of hydrogen-bond donors (Lipinski definition) is 1. The molecule has 0 spiro atoms. The van der Waals surface area contributed by atoms with Gasteiger partial charge in [-0.15, -0.1) is 0 Å². The van der Waals surface area contributed by atoms with Crippen LogP contribution in [0.25, 0.3) is 0 Å².